The number of halogens is 2. The molecule has 2 aromatic carbocycles. The maximum Gasteiger partial charge on any atom is 0.137 e. The fourth-order valence-electron chi connectivity index (χ4n) is 2.15. The minimum absolute atomic E-state index is 0.267. The standard InChI is InChI=1S/C16H17BrFNO/c1-16(19,12-4-6-13(20-2)7-5-12)10-11-3-8-15(18)14(17)9-11/h3-9H,10,19H2,1-2H3. The second-order valence-electron chi connectivity index (χ2n) is 5.07. The van der Waals surface area contributed by atoms with Crippen molar-refractivity contribution in [1.29, 1.82) is 0 Å². The van der Waals surface area contributed by atoms with Gasteiger partial charge in [-0.1, -0.05) is 18.2 Å². The Morgan fingerprint density at radius 1 is 1.20 bits per heavy atom. The third kappa shape index (κ3) is 3.38. The van der Waals surface area contributed by atoms with Crippen LogP contribution in [-0.4, -0.2) is 7.11 Å². The average Bonchev–Trinajstić information content (AvgIpc) is 2.43. The Hall–Kier alpha value is -1.39. The lowest BCUT2D eigenvalue weighted by atomic mass is 9.86. The number of nitrogens with two attached hydrogens (primary N) is 1. The third-order valence-electron chi connectivity index (χ3n) is 3.30. The summed E-state index contributed by atoms with van der Waals surface area (Å²) in [5.74, 6) is 0.533. The lowest BCUT2D eigenvalue weighted by Crippen LogP contribution is -2.35. The Balaban J connectivity index is 2.22. The molecule has 2 N–H and O–H groups in total. The largest absolute Gasteiger partial charge is 0.497 e. The molecule has 0 aliphatic rings. The summed E-state index contributed by atoms with van der Waals surface area (Å²) in [7, 11) is 1.63. The maximum atomic E-state index is 13.2. The Kier molecular flexibility index (Phi) is 4.45. The molecule has 0 heterocycles. The van der Waals surface area contributed by atoms with Crippen molar-refractivity contribution in [3.05, 3.63) is 63.9 Å². The van der Waals surface area contributed by atoms with E-state index in [9.17, 15) is 4.39 Å². The topological polar surface area (TPSA) is 35.2 Å². The van der Waals surface area contributed by atoms with Gasteiger partial charge in [0.15, 0.2) is 0 Å². The van der Waals surface area contributed by atoms with Crippen molar-refractivity contribution >= 4 is 15.9 Å². The van der Waals surface area contributed by atoms with Gasteiger partial charge in [0.25, 0.3) is 0 Å². The molecule has 0 radical (unpaired) electrons. The zero-order valence-corrected chi connectivity index (χ0v) is 13.1. The Morgan fingerprint density at radius 3 is 2.40 bits per heavy atom. The van der Waals surface area contributed by atoms with Crippen molar-refractivity contribution in [2.45, 2.75) is 18.9 Å². The monoisotopic (exact) mass is 337 g/mol. The van der Waals surface area contributed by atoms with Crippen molar-refractivity contribution in [2.24, 2.45) is 5.73 Å². The number of hydrogen-bond acceptors (Lipinski definition) is 2. The van der Waals surface area contributed by atoms with Crippen LogP contribution in [0.2, 0.25) is 0 Å². The molecule has 0 aromatic heterocycles. The van der Waals surface area contributed by atoms with E-state index in [1.54, 1.807) is 19.2 Å². The van der Waals surface area contributed by atoms with Crippen LogP contribution < -0.4 is 10.5 Å². The number of methoxy groups -OCH3 is 1. The summed E-state index contributed by atoms with van der Waals surface area (Å²) >= 11 is 3.20. The molecule has 0 aliphatic carbocycles. The minimum Gasteiger partial charge on any atom is -0.497 e. The van der Waals surface area contributed by atoms with Gasteiger partial charge in [-0.2, -0.15) is 0 Å². The van der Waals surface area contributed by atoms with E-state index in [0.29, 0.717) is 10.9 Å². The lowest BCUT2D eigenvalue weighted by molar-refractivity contribution is 0.413. The second kappa shape index (κ2) is 5.94. The maximum absolute atomic E-state index is 13.2. The molecule has 0 bridgehead atoms. The van der Waals surface area contributed by atoms with Crippen LogP contribution in [0.4, 0.5) is 4.39 Å². The Labute approximate surface area is 126 Å². The molecule has 0 amide bonds. The highest BCUT2D eigenvalue weighted by Crippen LogP contribution is 2.26. The molecular weight excluding hydrogens is 321 g/mol. The van der Waals surface area contributed by atoms with Crippen LogP contribution >= 0.6 is 15.9 Å². The quantitative estimate of drug-likeness (QED) is 0.914. The molecule has 1 unspecified atom stereocenters. The van der Waals surface area contributed by atoms with E-state index < -0.39 is 5.54 Å². The molecule has 0 saturated heterocycles. The third-order valence-corrected chi connectivity index (χ3v) is 3.91. The van der Waals surface area contributed by atoms with Gasteiger partial charge in [-0.3, -0.25) is 0 Å². The molecule has 0 saturated carbocycles. The van der Waals surface area contributed by atoms with Crippen molar-refractivity contribution < 1.29 is 9.13 Å². The second-order valence-corrected chi connectivity index (χ2v) is 5.93. The van der Waals surface area contributed by atoms with Crippen LogP contribution in [0.3, 0.4) is 0 Å². The van der Waals surface area contributed by atoms with Gasteiger partial charge in [0, 0.05) is 5.54 Å². The number of hydrogen-bond donors (Lipinski definition) is 1. The highest BCUT2D eigenvalue weighted by molar-refractivity contribution is 9.10. The van der Waals surface area contributed by atoms with E-state index in [-0.39, 0.29) is 5.82 Å². The van der Waals surface area contributed by atoms with Gasteiger partial charge in [0.2, 0.25) is 0 Å². The van der Waals surface area contributed by atoms with Gasteiger partial charge in [-0.15, -0.1) is 0 Å². The zero-order chi connectivity index (χ0) is 14.8. The van der Waals surface area contributed by atoms with E-state index >= 15 is 0 Å². The first-order valence-electron chi connectivity index (χ1n) is 6.30. The van der Waals surface area contributed by atoms with Gasteiger partial charge < -0.3 is 10.5 Å². The molecule has 2 aromatic rings. The first-order valence-corrected chi connectivity index (χ1v) is 7.09. The van der Waals surface area contributed by atoms with E-state index in [2.05, 4.69) is 15.9 Å². The van der Waals surface area contributed by atoms with Crippen LogP contribution in [0.15, 0.2) is 46.9 Å². The smallest absolute Gasteiger partial charge is 0.137 e. The van der Waals surface area contributed by atoms with E-state index in [1.165, 1.54) is 6.07 Å². The summed E-state index contributed by atoms with van der Waals surface area (Å²) in [5, 5.41) is 0. The highest BCUT2D eigenvalue weighted by Gasteiger charge is 2.22. The molecule has 0 aliphatic heterocycles. The fraction of sp³-hybridized carbons (Fsp3) is 0.250. The molecule has 0 fully saturated rings. The number of benzene rings is 2. The van der Waals surface area contributed by atoms with Gasteiger partial charge in [-0.05, 0) is 64.7 Å². The fourth-order valence-corrected chi connectivity index (χ4v) is 2.57. The summed E-state index contributed by atoms with van der Waals surface area (Å²) in [6.45, 7) is 1.96. The van der Waals surface area contributed by atoms with Crippen molar-refractivity contribution in [3.63, 3.8) is 0 Å². The van der Waals surface area contributed by atoms with Crippen LogP contribution in [0.25, 0.3) is 0 Å². The van der Waals surface area contributed by atoms with Crippen LogP contribution in [-0.2, 0) is 12.0 Å². The molecule has 106 valence electrons. The van der Waals surface area contributed by atoms with E-state index in [1.807, 2.05) is 31.2 Å². The predicted octanol–water partition coefficient (Wildman–Crippen LogP) is 4.01. The first-order chi connectivity index (χ1) is 9.42. The molecular formula is C16H17BrFNO. The molecule has 4 heteroatoms. The Bertz CT molecular complexity index is 596. The highest BCUT2D eigenvalue weighted by atomic mass is 79.9. The van der Waals surface area contributed by atoms with E-state index in [4.69, 9.17) is 10.5 Å². The van der Waals surface area contributed by atoms with E-state index in [0.717, 1.165) is 16.9 Å². The first kappa shape index (κ1) is 15.0. The SMILES string of the molecule is COc1ccc(C(C)(N)Cc2ccc(F)c(Br)c2)cc1. The molecule has 2 nitrogen and oxygen atoms in total. The molecule has 20 heavy (non-hydrogen) atoms. The van der Waals surface area contributed by atoms with Crippen LogP contribution in [0.5, 0.6) is 5.75 Å². The molecule has 1 atom stereocenters. The Morgan fingerprint density at radius 2 is 1.85 bits per heavy atom. The number of rotatable bonds is 4. The molecule has 0 spiro atoms. The van der Waals surface area contributed by atoms with Crippen molar-refractivity contribution in [3.8, 4) is 5.75 Å². The summed E-state index contributed by atoms with van der Waals surface area (Å²) in [4.78, 5) is 0. The average molecular weight is 338 g/mol. The van der Waals surface area contributed by atoms with Crippen LogP contribution in [0.1, 0.15) is 18.1 Å². The molecule has 2 rings (SSSR count). The zero-order valence-electron chi connectivity index (χ0n) is 11.5. The summed E-state index contributed by atoms with van der Waals surface area (Å²) in [6.07, 6.45) is 0.623. The summed E-state index contributed by atoms with van der Waals surface area (Å²) < 4.78 is 18.8. The van der Waals surface area contributed by atoms with Gasteiger partial charge in [0.05, 0.1) is 11.6 Å². The summed E-state index contributed by atoms with van der Waals surface area (Å²) in [5.41, 5.74) is 7.87. The van der Waals surface area contributed by atoms with Gasteiger partial charge in [0.1, 0.15) is 11.6 Å². The van der Waals surface area contributed by atoms with Crippen LogP contribution in [0, 0.1) is 5.82 Å². The van der Waals surface area contributed by atoms with Gasteiger partial charge >= 0.3 is 0 Å². The normalized spacial score (nSPS) is 13.8. The lowest BCUT2D eigenvalue weighted by Gasteiger charge is -2.25. The summed E-state index contributed by atoms with van der Waals surface area (Å²) in [6, 6.07) is 12.7. The number of ether oxygens (including phenoxy) is 1. The predicted molar refractivity (Wildman–Crippen MR) is 82.3 cm³/mol. The van der Waals surface area contributed by atoms with Crippen molar-refractivity contribution in [1.82, 2.24) is 0 Å². The minimum atomic E-state index is -0.524. The van der Waals surface area contributed by atoms with Gasteiger partial charge in [-0.25, -0.2) is 4.39 Å². The van der Waals surface area contributed by atoms with Crippen molar-refractivity contribution in [2.75, 3.05) is 7.11 Å².